The second kappa shape index (κ2) is 15.9. The van der Waals surface area contributed by atoms with Crippen LogP contribution in [0.2, 0.25) is 0 Å². The number of pyridine rings is 1. The summed E-state index contributed by atoms with van der Waals surface area (Å²) in [6.45, 7) is 18.0. The molecule has 1 aromatic heterocycles. The molecule has 1 heterocycles. The fraction of sp³-hybridized carbons (Fsp3) is 0.382. The standard InChI is InChI=1S/C16H13NO4S.C12H18.C6H12O2/c1-21-16(18)14-10-8-12(11-17-14)7-9-13-5-3-4-6-15(13)22(2,19)20;1-8(2)12-7-6-9(3)10(4)11(12)5;1-5(7)8-6(2,3)4/h3-6,8,10-11H,1-2H3;6-8H,1-5H3;1-4H3. The van der Waals surface area contributed by atoms with Gasteiger partial charge in [0.25, 0.3) is 0 Å². The van der Waals surface area contributed by atoms with Gasteiger partial charge in [0, 0.05) is 30.5 Å². The molecule has 3 aromatic rings. The average Bonchev–Trinajstić information content (AvgIpc) is 2.89. The number of sulfone groups is 1. The maximum Gasteiger partial charge on any atom is 0.356 e. The van der Waals surface area contributed by atoms with Gasteiger partial charge in [-0.1, -0.05) is 50.0 Å². The van der Waals surface area contributed by atoms with Gasteiger partial charge in [-0.3, -0.25) is 4.79 Å². The first kappa shape index (κ1) is 36.1. The third-order valence-corrected chi connectivity index (χ3v) is 7.11. The normalized spacial score (nSPS) is 10.7. The van der Waals surface area contributed by atoms with E-state index < -0.39 is 15.8 Å². The fourth-order valence-corrected chi connectivity index (χ4v) is 4.60. The Bertz CT molecular complexity index is 1540. The molecular weight excluding hydrogens is 550 g/mol. The maximum absolute atomic E-state index is 11.7. The van der Waals surface area contributed by atoms with Gasteiger partial charge in [0.1, 0.15) is 11.3 Å². The van der Waals surface area contributed by atoms with Crippen molar-refractivity contribution < 1.29 is 27.5 Å². The van der Waals surface area contributed by atoms with Crippen molar-refractivity contribution in [2.45, 2.75) is 78.7 Å². The van der Waals surface area contributed by atoms with E-state index in [0.29, 0.717) is 17.0 Å². The molecule has 0 bridgehead atoms. The molecule has 8 heteroatoms. The smallest absolute Gasteiger partial charge is 0.356 e. The van der Waals surface area contributed by atoms with Crippen molar-refractivity contribution >= 4 is 21.8 Å². The summed E-state index contributed by atoms with van der Waals surface area (Å²) in [6, 6.07) is 14.1. The Kier molecular flexibility index (Phi) is 13.6. The number of benzene rings is 2. The molecule has 0 unspecified atom stereocenters. The topological polar surface area (TPSA) is 99.6 Å². The van der Waals surface area contributed by atoms with E-state index >= 15 is 0 Å². The molecule has 0 aliphatic carbocycles. The number of aryl methyl sites for hydroxylation is 1. The van der Waals surface area contributed by atoms with Crippen LogP contribution in [0.15, 0.2) is 59.6 Å². The molecule has 0 saturated heterocycles. The monoisotopic (exact) mass is 593 g/mol. The van der Waals surface area contributed by atoms with E-state index in [4.69, 9.17) is 4.74 Å². The van der Waals surface area contributed by atoms with Crippen LogP contribution >= 0.6 is 0 Å². The summed E-state index contributed by atoms with van der Waals surface area (Å²) >= 11 is 0. The highest BCUT2D eigenvalue weighted by Gasteiger charge is 2.12. The number of ether oxygens (including phenoxy) is 2. The van der Waals surface area contributed by atoms with Crippen LogP contribution in [0, 0.1) is 32.6 Å². The van der Waals surface area contributed by atoms with Crippen molar-refractivity contribution in [3.8, 4) is 11.8 Å². The molecule has 42 heavy (non-hydrogen) atoms. The van der Waals surface area contributed by atoms with Gasteiger partial charge in [-0.25, -0.2) is 18.2 Å². The number of hydrogen-bond acceptors (Lipinski definition) is 7. The second-order valence-corrected chi connectivity index (χ2v) is 13.0. The van der Waals surface area contributed by atoms with E-state index in [1.165, 1.54) is 54.6 Å². The van der Waals surface area contributed by atoms with Crippen molar-refractivity contribution in [3.63, 3.8) is 0 Å². The zero-order chi connectivity index (χ0) is 32.3. The van der Waals surface area contributed by atoms with Crippen LogP contribution in [0.25, 0.3) is 0 Å². The Balaban J connectivity index is 0.000000369. The van der Waals surface area contributed by atoms with Crippen LogP contribution < -0.4 is 0 Å². The number of rotatable bonds is 3. The van der Waals surface area contributed by atoms with Crippen molar-refractivity contribution in [1.82, 2.24) is 4.98 Å². The number of nitrogens with zero attached hydrogens (tertiary/aromatic N) is 1. The van der Waals surface area contributed by atoms with Crippen LogP contribution in [-0.4, -0.2) is 44.3 Å². The predicted molar refractivity (Wildman–Crippen MR) is 167 cm³/mol. The lowest BCUT2D eigenvalue weighted by molar-refractivity contribution is -0.151. The highest BCUT2D eigenvalue weighted by Crippen LogP contribution is 2.23. The lowest BCUT2D eigenvalue weighted by Gasteiger charge is -2.17. The molecular formula is C34H43NO6S. The summed E-state index contributed by atoms with van der Waals surface area (Å²) in [5.41, 5.74) is 6.63. The van der Waals surface area contributed by atoms with Crippen molar-refractivity contribution in [3.05, 3.63) is 93.8 Å². The van der Waals surface area contributed by atoms with Crippen LogP contribution in [0.3, 0.4) is 0 Å². The van der Waals surface area contributed by atoms with Crippen LogP contribution in [0.1, 0.15) is 91.3 Å². The van der Waals surface area contributed by atoms with Crippen molar-refractivity contribution in [2.24, 2.45) is 0 Å². The minimum Gasteiger partial charge on any atom is -0.464 e. The van der Waals surface area contributed by atoms with Gasteiger partial charge in [0.2, 0.25) is 0 Å². The fourth-order valence-electron chi connectivity index (χ4n) is 3.76. The Hall–Kier alpha value is -3.96. The SMILES string of the molecule is CC(=O)OC(C)(C)C.COC(=O)c1ccc(C#Cc2ccccc2S(C)(=O)=O)cn1.Cc1ccc(C(C)C)c(C)c1C. The number of hydrogen-bond donors (Lipinski definition) is 0. The summed E-state index contributed by atoms with van der Waals surface area (Å²) < 4.78 is 32.7. The summed E-state index contributed by atoms with van der Waals surface area (Å²) in [4.78, 5) is 25.6. The number of carbonyl (C=O) groups is 2. The molecule has 0 aliphatic rings. The van der Waals surface area contributed by atoms with Crippen LogP contribution in [0.4, 0.5) is 0 Å². The van der Waals surface area contributed by atoms with Gasteiger partial charge in [0.15, 0.2) is 9.84 Å². The lowest BCUT2D eigenvalue weighted by atomic mass is 9.92. The Labute approximate surface area is 251 Å². The first-order valence-corrected chi connectivity index (χ1v) is 15.4. The van der Waals surface area contributed by atoms with Crippen molar-refractivity contribution in [1.29, 1.82) is 0 Å². The highest BCUT2D eigenvalue weighted by molar-refractivity contribution is 7.90. The number of esters is 2. The predicted octanol–water partition coefficient (Wildman–Crippen LogP) is 6.75. The quantitative estimate of drug-likeness (QED) is 0.244. The second-order valence-electron chi connectivity index (χ2n) is 11.0. The average molecular weight is 594 g/mol. The summed E-state index contributed by atoms with van der Waals surface area (Å²) in [6.07, 6.45) is 2.57. The summed E-state index contributed by atoms with van der Waals surface area (Å²) in [5, 5.41) is 0. The highest BCUT2D eigenvalue weighted by atomic mass is 32.2. The zero-order valence-corrected chi connectivity index (χ0v) is 27.4. The van der Waals surface area contributed by atoms with E-state index in [2.05, 4.69) is 68.3 Å². The zero-order valence-electron chi connectivity index (χ0n) is 26.6. The largest absolute Gasteiger partial charge is 0.464 e. The van der Waals surface area contributed by atoms with E-state index in [-0.39, 0.29) is 22.2 Å². The summed E-state index contributed by atoms with van der Waals surface area (Å²) in [5.74, 6) is 5.53. The molecule has 0 radical (unpaired) electrons. The molecule has 0 spiro atoms. The molecule has 0 amide bonds. The van der Waals surface area contributed by atoms with Gasteiger partial charge in [-0.2, -0.15) is 0 Å². The molecule has 0 atom stereocenters. The Morgan fingerprint density at radius 3 is 1.98 bits per heavy atom. The molecule has 226 valence electrons. The third-order valence-electron chi connectivity index (χ3n) is 5.96. The van der Waals surface area contributed by atoms with Crippen molar-refractivity contribution in [2.75, 3.05) is 13.4 Å². The number of aromatic nitrogens is 1. The molecule has 0 N–H and O–H groups in total. The van der Waals surface area contributed by atoms with E-state index in [0.717, 1.165) is 6.26 Å². The molecule has 0 fully saturated rings. The van der Waals surface area contributed by atoms with Gasteiger partial charge in [-0.15, -0.1) is 0 Å². The first-order chi connectivity index (χ1) is 19.4. The minimum absolute atomic E-state index is 0.182. The molecule has 7 nitrogen and oxygen atoms in total. The maximum atomic E-state index is 11.7. The molecule has 0 saturated carbocycles. The number of carbonyl (C=O) groups excluding carboxylic acids is 2. The minimum atomic E-state index is -3.34. The number of methoxy groups -OCH3 is 1. The summed E-state index contributed by atoms with van der Waals surface area (Å²) in [7, 11) is -2.06. The van der Waals surface area contributed by atoms with Gasteiger partial charge in [-0.05, 0) is 94.0 Å². The third kappa shape index (κ3) is 12.3. The van der Waals surface area contributed by atoms with Crippen LogP contribution in [-0.2, 0) is 24.1 Å². The van der Waals surface area contributed by atoms with Crippen LogP contribution in [0.5, 0.6) is 0 Å². The van der Waals surface area contributed by atoms with E-state index in [9.17, 15) is 18.0 Å². The molecule has 0 aliphatic heterocycles. The lowest BCUT2D eigenvalue weighted by Crippen LogP contribution is -2.21. The first-order valence-electron chi connectivity index (χ1n) is 13.5. The van der Waals surface area contributed by atoms with E-state index in [1.807, 2.05) is 20.8 Å². The molecule has 3 rings (SSSR count). The Morgan fingerprint density at radius 1 is 0.905 bits per heavy atom. The van der Waals surface area contributed by atoms with Gasteiger partial charge in [0.05, 0.1) is 12.0 Å². The molecule has 2 aromatic carbocycles. The van der Waals surface area contributed by atoms with E-state index in [1.54, 1.807) is 24.3 Å². The van der Waals surface area contributed by atoms with Gasteiger partial charge < -0.3 is 9.47 Å². The Morgan fingerprint density at radius 2 is 1.52 bits per heavy atom. The van der Waals surface area contributed by atoms with Gasteiger partial charge >= 0.3 is 11.9 Å².